The van der Waals surface area contributed by atoms with Gasteiger partial charge in [0.1, 0.15) is 5.82 Å². The molecule has 1 aromatic carbocycles. The summed E-state index contributed by atoms with van der Waals surface area (Å²) in [7, 11) is 0. The first-order valence-electron chi connectivity index (χ1n) is 8.52. The van der Waals surface area contributed by atoms with Gasteiger partial charge in [0.25, 0.3) is 0 Å². The molecule has 0 radical (unpaired) electrons. The molecule has 0 unspecified atom stereocenters. The first kappa shape index (κ1) is 19.4. The molecule has 0 bridgehead atoms. The Balaban J connectivity index is 1.95. The van der Waals surface area contributed by atoms with Crippen molar-refractivity contribution in [3.05, 3.63) is 65.4 Å². The summed E-state index contributed by atoms with van der Waals surface area (Å²) in [6.45, 7) is 8.52. The van der Waals surface area contributed by atoms with Crippen LogP contribution in [-0.2, 0) is 14.9 Å². The molecule has 0 aliphatic carbocycles. The normalized spacial score (nSPS) is 11.4. The van der Waals surface area contributed by atoms with Gasteiger partial charge < -0.3 is 10.1 Å². The second-order valence-electron chi connectivity index (χ2n) is 6.85. The highest BCUT2D eigenvalue weighted by Gasteiger charge is 2.12. The number of rotatable bonds is 5. The number of ether oxygens (including phenoxy) is 1. The van der Waals surface area contributed by atoms with E-state index in [4.69, 9.17) is 4.74 Å². The number of anilines is 1. The van der Waals surface area contributed by atoms with E-state index in [1.165, 1.54) is 17.8 Å². The fraction of sp³-hybridized carbons (Fsp3) is 0.286. The van der Waals surface area contributed by atoms with Crippen LogP contribution < -0.4 is 5.32 Å². The van der Waals surface area contributed by atoms with Crippen molar-refractivity contribution in [3.8, 4) is 0 Å². The molecule has 0 aliphatic rings. The maximum atomic E-state index is 12.0. The van der Waals surface area contributed by atoms with Crippen LogP contribution in [0, 0.1) is 0 Å². The van der Waals surface area contributed by atoms with Gasteiger partial charge in [-0.05, 0) is 41.7 Å². The summed E-state index contributed by atoms with van der Waals surface area (Å²) in [6, 6.07) is 11.2. The van der Waals surface area contributed by atoms with Crippen LogP contribution in [0.15, 0.2) is 48.7 Å². The maximum absolute atomic E-state index is 12.0. The molecule has 1 amide bonds. The van der Waals surface area contributed by atoms with Gasteiger partial charge in [-0.3, -0.25) is 4.79 Å². The second-order valence-corrected chi connectivity index (χ2v) is 6.85. The van der Waals surface area contributed by atoms with E-state index in [1.54, 1.807) is 25.1 Å². The Bertz CT molecular complexity index is 786. The van der Waals surface area contributed by atoms with Crippen molar-refractivity contribution < 1.29 is 14.3 Å². The Kier molecular flexibility index (Phi) is 6.28. The lowest BCUT2D eigenvalue weighted by Gasteiger charge is -2.18. The van der Waals surface area contributed by atoms with Crippen LogP contribution in [0.5, 0.6) is 0 Å². The largest absolute Gasteiger partial charge is 0.462 e. The number of hydrogen-bond donors (Lipinski definition) is 1. The van der Waals surface area contributed by atoms with Crippen LogP contribution in [0.25, 0.3) is 6.08 Å². The van der Waals surface area contributed by atoms with Crippen LogP contribution in [0.1, 0.15) is 49.2 Å². The fourth-order valence-corrected chi connectivity index (χ4v) is 2.24. The van der Waals surface area contributed by atoms with Crippen molar-refractivity contribution in [1.82, 2.24) is 4.98 Å². The third-order valence-corrected chi connectivity index (χ3v) is 3.73. The van der Waals surface area contributed by atoms with Crippen molar-refractivity contribution in [2.24, 2.45) is 0 Å². The van der Waals surface area contributed by atoms with Gasteiger partial charge >= 0.3 is 5.97 Å². The minimum Gasteiger partial charge on any atom is -0.462 e. The molecule has 26 heavy (non-hydrogen) atoms. The number of benzene rings is 1. The van der Waals surface area contributed by atoms with Gasteiger partial charge in [-0.25, -0.2) is 9.78 Å². The molecule has 1 aromatic heterocycles. The number of amides is 1. The monoisotopic (exact) mass is 352 g/mol. The number of nitrogens with one attached hydrogen (secondary N) is 1. The van der Waals surface area contributed by atoms with Crippen molar-refractivity contribution in [2.75, 3.05) is 11.9 Å². The van der Waals surface area contributed by atoms with Gasteiger partial charge in [-0.2, -0.15) is 0 Å². The summed E-state index contributed by atoms with van der Waals surface area (Å²) < 4.78 is 4.89. The highest BCUT2D eigenvalue weighted by molar-refractivity contribution is 6.01. The summed E-state index contributed by atoms with van der Waals surface area (Å²) >= 11 is 0. The number of pyridine rings is 1. The molecule has 1 N–H and O–H groups in total. The summed E-state index contributed by atoms with van der Waals surface area (Å²) in [4.78, 5) is 27.6. The van der Waals surface area contributed by atoms with E-state index in [0.717, 1.165) is 5.56 Å². The van der Waals surface area contributed by atoms with Crippen LogP contribution in [0.4, 0.5) is 5.82 Å². The summed E-state index contributed by atoms with van der Waals surface area (Å²) in [6.07, 6.45) is 4.57. The van der Waals surface area contributed by atoms with Gasteiger partial charge in [0.05, 0.1) is 12.2 Å². The molecule has 0 atom stereocenters. The number of hydrogen-bond acceptors (Lipinski definition) is 4. The fourth-order valence-electron chi connectivity index (χ4n) is 2.24. The van der Waals surface area contributed by atoms with Gasteiger partial charge in [0.2, 0.25) is 5.91 Å². The summed E-state index contributed by atoms with van der Waals surface area (Å²) in [5.74, 6) is -0.353. The molecule has 0 saturated carbocycles. The number of carbonyl (C=O) groups is 2. The predicted molar refractivity (Wildman–Crippen MR) is 103 cm³/mol. The standard InChI is InChI=1S/C21H24N2O3/c1-5-26-20(25)16-9-12-18(22-14-16)23-19(24)13-8-15-6-10-17(11-7-15)21(2,3)4/h6-14H,5H2,1-4H3,(H,22,23,24)/b13-8+. The van der Waals surface area contributed by atoms with E-state index in [0.29, 0.717) is 18.0 Å². The zero-order chi connectivity index (χ0) is 19.2. The molecular formula is C21H24N2O3. The lowest BCUT2D eigenvalue weighted by molar-refractivity contribution is -0.111. The Morgan fingerprint density at radius 1 is 1.12 bits per heavy atom. The third-order valence-electron chi connectivity index (χ3n) is 3.73. The van der Waals surface area contributed by atoms with Crippen LogP contribution in [0.2, 0.25) is 0 Å². The summed E-state index contributed by atoms with van der Waals surface area (Å²) in [5.41, 5.74) is 2.63. The van der Waals surface area contributed by atoms with Crippen molar-refractivity contribution in [1.29, 1.82) is 0 Å². The van der Waals surface area contributed by atoms with Crippen molar-refractivity contribution in [2.45, 2.75) is 33.1 Å². The summed E-state index contributed by atoms with van der Waals surface area (Å²) in [5, 5.41) is 2.66. The zero-order valence-corrected chi connectivity index (χ0v) is 15.6. The highest BCUT2D eigenvalue weighted by atomic mass is 16.5. The molecule has 0 fully saturated rings. The van der Waals surface area contributed by atoms with Crippen molar-refractivity contribution >= 4 is 23.8 Å². The Hall–Kier alpha value is -2.95. The Labute approximate surface area is 154 Å². The van der Waals surface area contributed by atoms with E-state index >= 15 is 0 Å². The lowest BCUT2D eigenvalue weighted by atomic mass is 9.87. The molecule has 1 heterocycles. The number of esters is 1. The number of carbonyl (C=O) groups excluding carboxylic acids is 2. The molecule has 2 rings (SSSR count). The van der Waals surface area contributed by atoms with Gasteiger partial charge in [-0.15, -0.1) is 0 Å². The molecule has 2 aromatic rings. The zero-order valence-electron chi connectivity index (χ0n) is 15.6. The van der Waals surface area contributed by atoms with E-state index in [1.807, 2.05) is 12.1 Å². The van der Waals surface area contributed by atoms with Gasteiger partial charge in [0, 0.05) is 12.3 Å². The molecule has 0 saturated heterocycles. The van der Waals surface area contributed by atoms with Gasteiger partial charge in [-0.1, -0.05) is 45.0 Å². The smallest absolute Gasteiger partial charge is 0.339 e. The molecule has 0 aliphatic heterocycles. The number of nitrogens with zero attached hydrogens (tertiary/aromatic N) is 1. The minimum atomic E-state index is -0.434. The van der Waals surface area contributed by atoms with E-state index in [-0.39, 0.29) is 11.3 Å². The Morgan fingerprint density at radius 2 is 1.81 bits per heavy atom. The third kappa shape index (κ3) is 5.55. The SMILES string of the molecule is CCOC(=O)c1ccc(NC(=O)/C=C/c2ccc(C(C)(C)C)cc2)nc1. The molecule has 5 heteroatoms. The number of aromatic nitrogens is 1. The first-order valence-corrected chi connectivity index (χ1v) is 8.52. The van der Waals surface area contributed by atoms with Crippen molar-refractivity contribution in [3.63, 3.8) is 0 Å². The molecule has 0 spiro atoms. The van der Waals surface area contributed by atoms with Crippen LogP contribution in [0.3, 0.4) is 0 Å². The first-order chi connectivity index (χ1) is 12.3. The van der Waals surface area contributed by atoms with Crippen LogP contribution in [-0.4, -0.2) is 23.5 Å². The quantitative estimate of drug-likeness (QED) is 0.646. The molecule has 5 nitrogen and oxygen atoms in total. The Morgan fingerprint density at radius 3 is 2.35 bits per heavy atom. The topological polar surface area (TPSA) is 68.3 Å². The van der Waals surface area contributed by atoms with E-state index in [9.17, 15) is 9.59 Å². The second kappa shape index (κ2) is 8.43. The predicted octanol–water partition coefficient (Wildman–Crippen LogP) is 4.21. The molecular weight excluding hydrogens is 328 g/mol. The average molecular weight is 352 g/mol. The minimum absolute atomic E-state index is 0.0982. The average Bonchev–Trinajstić information content (AvgIpc) is 2.60. The van der Waals surface area contributed by atoms with Gasteiger partial charge in [0.15, 0.2) is 0 Å². The van der Waals surface area contributed by atoms with Crippen LogP contribution >= 0.6 is 0 Å². The van der Waals surface area contributed by atoms with E-state index in [2.05, 4.69) is 43.2 Å². The van der Waals surface area contributed by atoms with E-state index < -0.39 is 5.97 Å². The highest BCUT2D eigenvalue weighted by Crippen LogP contribution is 2.22. The maximum Gasteiger partial charge on any atom is 0.339 e. The molecule has 136 valence electrons. The lowest BCUT2D eigenvalue weighted by Crippen LogP contribution is -2.11.